The van der Waals surface area contributed by atoms with E-state index in [1.54, 1.807) is 48.5 Å². The van der Waals surface area contributed by atoms with Crippen LogP contribution in [0.1, 0.15) is 176 Å². The number of aldehydes is 2. The quantitative estimate of drug-likeness (QED) is 0.0888. The minimum atomic E-state index is -0.198. The van der Waals surface area contributed by atoms with Crippen LogP contribution in [0.5, 0.6) is 0 Å². The zero-order valence-corrected chi connectivity index (χ0v) is 40.5. The molecule has 4 saturated heterocycles. The average Bonchev–Trinajstić information content (AvgIpc) is 3.94. The van der Waals surface area contributed by atoms with Crippen LogP contribution in [0, 0.1) is 23.7 Å². The van der Waals surface area contributed by atoms with E-state index in [-0.39, 0.29) is 36.2 Å². The number of carbonyl (C=O) groups is 6. The highest BCUT2D eigenvalue weighted by Crippen LogP contribution is 2.39. The van der Waals surface area contributed by atoms with Gasteiger partial charge in [-0.1, -0.05) is 111 Å². The largest absolute Gasteiger partial charge is 0.438 e. The standard InChI is InChI=1S/2C29H34N2O4/c32-28-24-10-3-1-8-22(24)26(34-28)30-16-12-20(13-17-30)6-5-7-21-14-18-31(19-15-21)27-23-9-2-4-11-25(23)29(33)35-27;32-20-24-8-1-3-10-26(24)28(34)30-16-12-22(13-17-30)6-5-7-23-14-18-31(19-15-23)29(35)27-11-4-2-9-25(27)21-33/h1-4,8-11,20-21,26-27H,5-7,12-19H2;1-4,8-11,20-23H,5-7,12-19H2. The number of fused-ring (bicyclic) bond motifs is 2. The van der Waals surface area contributed by atoms with E-state index in [1.807, 2.05) is 58.3 Å². The van der Waals surface area contributed by atoms with Gasteiger partial charge in [0.05, 0.1) is 22.3 Å². The molecular weight excluding hydrogens is 881 g/mol. The maximum atomic E-state index is 12.8. The Balaban J connectivity index is 0.000000174. The van der Waals surface area contributed by atoms with Gasteiger partial charge in [-0.2, -0.15) is 0 Å². The van der Waals surface area contributed by atoms with Crippen molar-refractivity contribution >= 4 is 36.3 Å². The van der Waals surface area contributed by atoms with Crippen LogP contribution in [0.3, 0.4) is 0 Å². The summed E-state index contributed by atoms with van der Waals surface area (Å²) >= 11 is 0. The Morgan fingerprint density at radius 1 is 0.443 bits per heavy atom. The van der Waals surface area contributed by atoms with Crippen molar-refractivity contribution in [2.45, 2.75) is 102 Å². The normalized spacial score (nSPS) is 21.5. The van der Waals surface area contributed by atoms with Gasteiger partial charge in [-0.3, -0.25) is 29.0 Å². The Kier molecular flexibility index (Phi) is 16.3. The third kappa shape index (κ3) is 11.4. The van der Waals surface area contributed by atoms with Crippen molar-refractivity contribution in [1.82, 2.24) is 19.6 Å². The van der Waals surface area contributed by atoms with Gasteiger partial charge in [-0.25, -0.2) is 9.59 Å². The molecule has 4 fully saturated rings. The molecule has 6 heterocycles. The molecule has 4 aromatic rings. The third-order valence-corrected chi connectivity index (χ3v) is 16.2. The van der Waals surface area contributed by atoms with E-state index in [4.69, 9.17) is 9.47 Å². The van der Waals surface area contributed by atoms with E-state index in [0.717, 1.165) is 125 Å². The van der Waals surface area contributed by atoms with Crippen LogP contribution in [0.4, 0.5) is 0 Å². The number of carbonyl (C=O) groups excluding carboxylic acids is 6. The number of nitrogens with zero attached hydrogens (tertiary/aromatic N) is 4. The number of hydrogen-bond donors (Lipinski definition) is 0. The molecule has 10 rings (SSSR count). The minimum absolute atomic E-state index is 0.0387. The Bertz CT molecular complexity index is 2310. The van der Waals surface area contributed by atoms with Gasteiger partial charge in [0.2, 0.25) is 0 Å². The summed E-state index contributed by atoms with van der Waals surface area (Å²) in [6.45, 7) is 6.99. The number of ether oxygens (including phenoxy) is 2. The van der Waals surface area contributed by atoms with Crippen LogP contribution in [0.15, 0.2) is 97.1 Å². The lowest BCUT2D eigenvalue weighted by molar-refractivity contribution is -0.0373. The molecule has 0 spiro atoms. The van der Waals surface area contributed by atoms with E-state index in [0.29, 0.717) is 34.1 Å². The summed E-state index contributed by atoms with van der Waals surface area (Å²) in [5.41, 5.74) is 5.42. The fraction of sp³-hybridized carbons (Fsp3) is 0.483. The first kappa shape index (κ1) is 49.0. The zero-order valence-electron chi connectivity index (χ0n) is 40.5. The number of benzene rings is 4. The van der Waals surface area contributed by atoms with E-state index in [2.05, 4.69) is 9.80 Å². The maximum Gasteiger partial charge on any atom is 0.340 e. The van der Waals surface area contributed by atoms with Gasteiger partial charge in [-0.15, -0.1) is 0 Å². The number of likely N-dealkylation sites (tertiary alicyclic amines) is 4. The number of piperidine rings is 4. The van der Waals surface area contributed by atoms with Crippen molar-refractivity contribution in [1.29, 1.82) is 0 Å². The summed E-state index contributed by atoms with van der Waals surface area (Å²) in [6, 6.07) is 29.6. The van der Waals surface area contributed by atoms with E-state index in [9.17, 15) is 28.8 Å². The lowest BCUT2D eigenvalue weighted by atomic mass is 9.86. The summed E-state index contributed by atoms with van der Waals surface area (Å²) in [6.07, 6.45) is 17.3. The predicted molar refractivity (Wildman–Crippen MR) is 266 cm³/mol. The molecule has 0 aromatic heterocycles. The van der Waals surface area contributed by atoms with Crippen LogP contribution < -0.4 is 0 Å². The fourth-order valence-corrected chi connectivity index (χ4v) is 11.9. The first-order chi connectivity index (χ1) is 34.3. The second-order valence-corrected chi connectivity index (χ2v) is 20.4. The molecule has 0 aliphatic carbocycles. The number of hydrogen-bond acceptors (Lipinski definition) is 10. The fourth-order valence-electron chi connectivity index (χ4n) is 11.9. The van der Waals surface area contributed by atoms with Crippen LogP contribution in [-0.2, 0) is 9.47 Å². The lowest BCUT2D eigenvalue weighted by Gasteiger charge is -2.36. The van der Waals surface area contributed by atoms with E-state index < -0.39 is 0 Å². The van der Waals surface area contributed by atoms with Crippen molar-refractivity contribution in [3.63, 3.8) is 0 Å². The highest BCUT2D eigenvalue weighted by atomic mass is 16.6. The highest BCUT2D eigenvalue weighted by Gasteiger charge is 2.38. The highest BCUT2D eigenvalue weighted by molar-refractivity contribution is 6.02. The minimum Gasteiger partial charge on any atom is -0.438 e. The molecule has 0 radical (unpaired) electrons. The van der Waals surface area contributed by atoms with Crippen LogP contribution in [0.25, 0.3) is 0 Å². The summed E-state index contributed by atoms with van der Waals surface area (Å²) in [5.74, 6) is 2.37. The molecule has 368 valence electrons. The van der Waals surface area contributed by atoms with Gasteiger partial charge in [0.15, 0.2) is 25.0 Å². The first-order valence-corrected chi connectivity index (χ1v) is 26.0. The van der Waals surface area contributed by atoms with Gasteiger partial charge < -0.3 is 19.3 Å². The number of rotatable bonds is 14. The molecular formula is C58H68N4O8. The molecule has 2 unspecified atom stereocenters. The lowest BCUT2D eigenvalue weighted by Crippen LogP contribution is -2.39. The molecule has 70 heavy (non-hydrogen) atoms. The maximum absolute atomic E-state index is 12.8. The summed E-state index contributed by atoms with van der Waals surface area (Å²) in [7, 11) is 0. The molecule has 2 atom stereocenters. The van der Waals surface area contributed by atoms with Crippen molar-refractivity contribution < 1.29 is 38.2 Å². The summed E-state index contributed by atoms with van der Waals surface area (Å²) in [4.78, 5) is 80.9. The summed E-state index contributed by atoms with van der Waals surface area (Å²) < 4.78 is 11.4. The van der Waals surface area contributed by atoms with Crippen molar-refractivity contribution in [2.24, 2.45) is 23.7 Å². The third-order valence-electron chi connectivity index (χ3n) is 16.2. The molecule has 0 bridgehead atoms. The number of cyclic esters (lactones) is 2. The van der Waals surface area contributed by atoms with Crippen molar-refractivity contribution in [2.75, 3.05) is 52.4 Å². The Hall–Kier alpha value is -5.98. The predicted octanol–water partition coefficient (Wildman–Crippen LogP) is 10.2. The first-order valence-electron chi connectivity index (χ1n) is 26.0. The summed E-state index contributed by atoms with van der Waals surface area (Å²) in [5, 5.41) is 0. The zero-order chi connectivity index (χ0) is 48.4. The van der Waals surface area contributed by atoms with Gasteiger partial charge in [0.25, 0.3) is 11.8 Å². The second kappa shape index (κ2) is 23.3. The molecule has 2 amide bonds. The molecule has 0 N–H and O–H groups in total. The van der Waals surface area contributed by atoms with E-state index >= 15 is 0 Å². The smallest absolute Gasteiger partial charge is 0.340 e. The molecule has 6 aliphatic heterocycles. The topological polar surface area (TPSA) is 134 Å². The van der Waals surface area contributed by atoms with Crippen LogP contribution >= 0.6 is 0 Å². The SMILES string of the molecule is O=C1OC(N2CCC(CCCC3CCN(C4OC(=O)c5ccccc54)CC3)CC2)c2ccccc21.O=Cc1ccccc1C(=O)N1CCC(CCCC2CCN(C(=O)c3ccccc3C=O)CC2)CC1. The van der Waals surface area contributed by atoms with Crippen LogP contribution in [-0.4, -0.2) is 108 Å². The second-order valence-electron chi connectivity index (χ2n) is 20.4. The van der Waals surface area contributed by atoms with Gasteiger partial charge >= 0.3 is 11.9 Å². The Morgan fingerprint density at radius 3 is 1.11 bits per heavy atom. The van der Waals surface area contributed by atoms with Crippen molar-refractivity contribution in [3.8, 4) is 0 Å². The molecule has 0 saturated carbocycles. The van der Waals surface area contributed by atoms with Crippen LogP contribution in [0.2, 0.25) is 0 Å². The van der Waals surface area contributed by atoms with Crippen molar-refractivity contribution in [3.05, 3.63) is 142 Å². The van der Waals surface area contributed by atoms with Gasteiger partial charge in [0, 0.05) is 74.6 Å². The number of esters is 2. The van der Waals surface area contributed by atoms with Gasteiger partial charge in [0.1, 0.15) is 0 Å². The Labute approximate surface area is 412 Å². The number of amides is 2. The molecule has 4 aromatic carbocycles. The molecule has 12 nitrogen and oxygen atoms in total. The average molecular weight is 949 g/mol. The molecule has 6 aliphatic rings. The van der Waals surface area contributed by atoms with E-state index in [1.165, 1.54) is 64.2 Å². The Morgan fingerprint density at radius 2 is 0.757 bits per heavy atom. The molecule has 12 heteroatoms. The van der Waals surface area contributed by atoms with Gasteiger partial charge in [-0.05, 0) is 99.3 Å². The monoisotopic (exact) mass is 949 g/mol.